The zero-order chi connectivity index (χ0) is 24.9. The average Bonchev–Trinajstić information content (AvgIpc) is 2.86. The van der Waals surface area contributed by atoms with E-state index in [4.69, 9.17) is 10.00 Å². The van der Waals surface area contributed by atoms with E-state index in [1.807, 2.05) is 25.1 Å². The van der Waals surface area contributed by atoms with Crippen LogP contribution in [0.4, 0.5) is 19.0 Å². The number of ether oxygens (including phenoxy) is 1. The Labute approximate surface area is 196 Å². The van der Waals surface area contributed by atoms with Gasteiger partial charge in [0.05, 0.1) is 24.3 Å². The monoisotopic (exact) mass is 470 g/mol. The molecule has 0 N–H and O–H groups in total. The Morgan fingerprint density at radius 1 is 1.26 bits per heavy atom. The van der Waals surface area contributed by atoms with Crippen molar-refractivity contribution in [1.29, 1.82) is 5.26 Å². The molecular formula is C25H25F3N4O2. The summed E-state index contributed by atoms with van der Waals surface area (Å²) in [4.78, 5) is 20.2. The molecule has 2 heterocycles. The van der Waals surface area contributed by atoms with Crippen LogP contribution in [0.2, 0.25) is 0 Å². The number of benzene rings is 1. The van der Waals surface area contributed by atoms with Gasteiger partial charge in [0.1, 0.15) is 11.9 Å². The lowest BCUT2D eigenvalue weighted by Crippen LogP contribution is -2.57. The molecule has 0 unspecified atom stereocenters. The number of alkyl halides is 3. The molecular weight excluding hydrogens is 445 g/mol. The maximum absolute atomic E-state index is 12.9. The third-order valence-electron chi connectivity index (χ3n) is 5.80. The molecule has 178 valence electrons. The summed E-state index contributed by atoms with van der Waals surface area (Å²) in [6.07, 6.45) is -1.75. The number of allylic oxidation sites excluding steroid dienone is 1. The number of piperazine rings is 1. The normalized spacial score (nSPS) is 17.2. The molecule has 0 radical (unpaired) electrons. The van der Waals surface area contributed by atoms with E-state index in [0.717, 1.165) is 29.0 Å². The van der Waals surface area contributed by atoms with E-state index >= 15 is 0 Å². The molecule has 34 heavy (non-hydrogen) atoms. The highest BCUT2D eigenvalue weighted by atomic mass is 19.4. The van der Waals surface area contributed by atoms with Crippen LogP contribution >= 0.6 is 0 Å². The molecule has 0 aliphatic carbocycles. The molecule has 9 heteroatoms. The van der Waals surface area contributed by atoms with E-state index in [1.54, 1.807) is 17.0 Å². The number of aromatic nitrogens is 1. The first-order valence-electron chi connectivity index (χ1n) is 10.6. The Kier molecular flexibility index (Phi) is 7.74. The maximum Gasteiger partial charge on any atom is 0.417 e. The Morgan fingerprint density at radius 3 is 2.50 bits per heavy atom. The fourth-order valence-electron chi connectivity index (χ4n) is 3.85. The Morgan fingerprint density at radius 2 is 1.97 bits per heavy atom. The fourth-order valence-corrected chi connectivity index (χ4v) is 3.85. The van der Waals surface area contributed by atoms with E-state index in [1.165, 1.54) is 13.2 Å². The largest absolute Gasteiger partial charge is 0.467 e. The number of anilines is 1. The van der Waals surface area contributed by atoms with Crippen molar-refractivity contribution in [2.45, 2.75) is 19.1 Å². The first-order chi connectivity index (χ1) is 16.2. The molecule has 2 aromatic rings. The third-order valence-corrected chi connectivity index (χ3v) is 5.80. The van der Waals surface area contributed by atoms with Crippen LogP contribution in [0.15, 0.2) is 60.8 Å². The van der Waals surface area contributed by atoms with Gasteiger partial charge in [-0.3, -0.25) is 4.90 Å². The number of carbonyl (C=O) groups excluding carboxylic acids is 1. The zero-order valence-corrected chi connectivity index (χ0v) is 19.0. The highest BCUT2D eigenvalue weighted by Crippen LogP contribution is 2.30. The van der Waals surface area contributed by atoms with Crippen molar-refractivity contribution >= 4 is 17.4 Å². The van der Waals surface area contributed by atoms with E-state index in [0.29, 0.717) is 31.7 Å². The van der Waals surface area contributed by atoms with Crippen LogP contribution < -0.4 is 4.90 Å². The predicted octanol–water partition coefficient (Wildman–Crippen LogP) is 4.30. The number of pyridine rings is 1. The standard InChI is InChI=1S/C25H25F3N4O2/c1-4-19(17(2)20-7-5-18(13-29)6-8-20)15-31-11-12-32(22(16-31)24(33)34-3)23-10-9-21(14-30-23)25(26,27)28/h4-10,14,22H,2,11-12,15-16H2,1,3H3/b19-4-/t22-/m0/s1. The number of nitriles is 1. The van der Waals surface area contributed by atoms with Gasteiger partial charge in [-0.25, -0.2) is 9.78 Å². The summed E-state index contributed by atoms with van der Waals surface area (Å²) in [6.45, 7) is 7.89. The van der Waals surface area contributed by atoms with Gasteiger partial charge in [0.2, 0.25) is 0 Å². The molecule has 1 atom stereocenters. The maximum atomic E-state index is 12.9. The molecule has 1 aliphatic rings. The molecule has 1 fully saturated rings. The SMILES string of the molecule is C=C(/C(=C\C)CN1CCN(c2ccc(C(F)(F)F)cn2)[C@H](C(=O)OC)C1)c1ccc(C#N)cc1. The summed E-state index contributed by atoms with van der Waals surface area (Å²) in [6, 6.07) is 10.8. The molecule has 0 saturated carbocycles. The van der Waals surface area contributed by atoms with Gasteiger partial charge in [-0.05, 0) is 47.9 Å². The quantitative estimate of drug-likeness (QED) is 0.463. The lowest BCUT2D eigenvalue weighted by molar-refractivity contribution is -0.143. The summed E-state index contributed by atoms with van der Waals surface area (Å²) < 4.78 is 43.6. The molecule has 1 aliphatic heterocycles. The molecule has 1 aromatic carbocycles. The number of methoxy groups -OCH3 is 1. The van der Waals surface area contributed by atoms with Gasteiger partial charge in [-0.1, -0.05) is 24.8 Å². The van der Waals surface area contributed by atoms with Crippen molar-refractivity contribution in [3.63, 3.8) is 0 Å². The van der Waals surface area contributed by atoms with Gasteiger partial charge in [0.15, 0.2) is 0 Å². The second kappa shape index (κ2) is 10.5. The number of hydrogen-bond acceptors (Lipinski definition) is 6. The van der Waals surface area contributed by atoms with Crippen LogP contribution in [0, 0.1) is 11.3 Å². The van der Waals surface area contributed by atoms with E-state index < -0.39 is 23.8 Å². The van der Waals surface area contributed by atoms with Crippen molar-refractivity contribution in [3.8, 4) is 6.07 Å². The lowest BCUT2D eigenvalue weighted by Gasteiger charge is -2.41. The second-order valence-electron chi connectivity index (χ2n) is 7.85. The number of hydrogen-bond donors (Lipinski definition) is 0. The minimum Gasteiger partial charge on any atom is -0.467 e. The van der Waals surface area contributed by atoms with Crippen LogP contribution in [0.1, 0.15) is 23.6 Å². The number of halogens is 3. The molecule has 0 spiro atoms. The molecule has 3 rings (SSSR count). The molecule has 0 bridgehead atoms. The predicted molar refractivity (Wildman–Crippen MR) is 123 cm³/mol. The van der Waals surface area contributed by atoms with Crippen LogP contribution in [-0.4, -0.2) is 55.2 Å². The van der Waals surface area contributed by atoms with Gasteiger partial charge in [-0.2, -0.15) is 18.4 Å². The molecule has 0 amide bonds. The Balaban J connectivity index is 1.75. The second-order valence-corrected chi connectivity index (χ2v) is 7.85. The van der Waals surface area contributed by atoms with Crippen molar-refractivity contribution in [1.82, 2.24) is 9.88 Å². The highest BCUT2D eigenvalue weighted by Gasteiger charge is 2.35. The third kappa shape index (κ3) is 5.64. The van der Waals surface area contributed by atoms with Gasteiger partial charge in [0.25, 0.3) is 0 Å². The van der Waals surface area contributed by atoms with Crippen LogP contribution in [0.25, 0.3) is 5.57 Å². The first-order valence-corrected chi connectivity index (χ1v) is 10.6. The molecule has 1 saturated heterocycles. The summed E-state index contributed by atoms with van der Waals surface area (Å²) >= 11 is 0. The zero-order valence-electron chi connectivity index (χ0n) is 19.0. The van der Waals surface area contributed by atoms with Gasteiger partial charge >= 0.3 is 12.1 Å². The van der Waals surface area contributed by atoms with E-state index in [-0.39, 0.29) is 5.82 Å². The van der Waals surface area contributed by atoms with Gasteiger partial charge < -0.3 is 9.64 Å². The number of nitrogens with zero attached hydrogens (tertiary/aromatic N) is 4. The van der Waals surface area contributed by atoms with E-state index in [2.05, 4.69) is 22.5 Å². The molecule has 6 nitrogen and oxygen atoms in total. The van der Waals surface area contributed by atoms with Crippen molar-refractivity contribution in [2.24, 2.45) is 0 Å². The number of esters is 1. The smallest absolute Gasteiger partial charge is 0.417 e. The number of carbonyl (C=O) groups is 1. The first kappa shape index (κ1) is 25.0. The van der Waals surface area contributed by atoms with Crippen molar-refractivity contribution < 1.29 is 22.7 Å². The average molecular weight is 470 g/mol. The topological polar surface area (TPSA) is 69.5 Å². The van der Waals surface area contributed by atoms with Gasteiger partial charge in [-0.15, -0.1) is 0 Å². The lowest BCUT2D eigenvalue weighted by atomic mass is 9.97. The van der Waals surface area contributed by atoms with Crippen LogP contribution in [0.3, 0.4) is 0 Å². The summed E-state index contributed by atoms with van der Waals surface area (Å²) in [5, 5.41) is 9.00. The van der Waals surface area contributed by atoms with Crippen LogP contribution in [-0.2, 0) is 15.7 Å². The summed E-state index contributed by atoms with van der Waals surface area (Å²) in [5.41, 5.74) is 2.39. The summed E-state index contributed by atoms with van der Waals surface area (Å²) in [5.74, 6) is -0.198. The number of rotatable bonds is 6. The van der Waals surface area contributed by atoms with Crippen molar-refractivity contribution in [3.05, 3.63) is 77.5 Å². The Hall–Kier alpha value is -3.64. The Bertz CT molecular complexity index is 1100. The van der Waals surface area contributed by atoms with E-state index in [9.17, 15) is 18.0 Å². The minimum atomic E-state index is -4.48. The summed E-state index contributed by atoms with van der Waals surface area (Å²) in [7, 11) is 1.28. The molecule has 1 aromatic heterocycles. The fraction of sp³-hybridized carbons (Fsp3) is 0.320. The minimum absolute atomic E-state index is 0.288. The highest BCUT2D eigenvalue weighted by molar-refractivity contribution is 5.80. The van der Waals surface area contributed by atoms with Crippen molar-refractivity contribution in [2.75, 3.05) is 38.2 Å². The van der Waals surface area contributed by atoms with Gasteiger partial charge in [0, 0.05) is 32.4 Å². The van der Waals surface area contributed by atoms with Crippen LogP contribution in [0.5, 0.6) is 0 Å².